The van der Waals surface area contributed by atoms with Gasteiger partial charge in [0.05, 0.1) is 31.6 Å². The van der Waals surface area contributed by atoms with Gasteiger partial charge in [0.1, 0.15) is 18.0 Å². The highest BCUT2D eigenvalue weighted by atomic mass is 16.5. The zero-order valence-corrected chi connectivity index (χ0v) is 15.9. The number of ether oxygens (including phenoxy) is 1. The van der Waals surface area contributed by atoms with Crippen molar-refractivity contribution in [1.29, 1.82) is 0 Å². The highest BCUT2D eigenvalue weighted by Gasteiger charge is 2.42. The molecule has 2 heterocycles. The number of β-amino-alcohol motifs (C(OH)–C–C–N with tert-alkyl or cyclic N) is 1. The molecule has 146 valence electrons. The van der Waals surface area contributed by atoms with E-state index < -0.39 is 23.6 Å². The van der Waals surface area contributed by atoms with E-state index in [-0.39, 0.29) is 18.9 Å². The summed E-state index contributed by atoms with van der Waals surface area (Å²) in [5.74, 6) is -0.237. The van der Waals surface area contributed by atoms with Crippen LogP contribution in [0.2, 0.25) is 0 Å². The summed E-state index contributed by atoms with van der Waals surface area (Å²) in [6.45, 7) is 7.56. The highest BCUT2D eigenvalue weighted by Crippen LogP contribution is 2.33. The number of likely N-dealkylation sites (N-methyl/N-ethyl adjacent to an activating group) is 1. The summed E-state index contributed by atoms with van der Waals surface area (Å²) in [5.41, 5.74) is 0.187. The van der Waals surface area contributed by atoms with Gasteiger partial charge in [-0.15, -0.1) is 5.10 Å². The maximum absolute atomic E-state index is 13.1. The maximum Gasteiger partial charge on any atom is 0.248 e. The Hall–Kier alpha value is -1.84. The van der Waals surface area contributed by atoms with Gasteiger partial charge in [0, 0.05) is 19.5 Å². The van der Waals surface area contributed by atoms with Gasteiger partial charge < -0.3 is 24.9 Å². The third-order valence-corrected chi connectivity index (χ3v) is 4.38. The van der Waals surface area contributed by atoms with E-state index in [1.165, 1.54) is 9.58 Å². The largest absolute Gasteiger partial charge is 0.391 e. The molecule has 3 atom stereocenters. The minimum atomic E-state index is -0.679. The van der Waals surface area contributed by atoms with Crippen LogP contribution in [0.1, 0.15) is 38.9 Å². The Morgan fingerprint density at radius 3 is 2.88 bits per heavy atom. The van der Waals surface area contributed by atoms with Crippen LogP contribution in [0.15, 0.2) is 6.20 Å². The Morgan fingerprint density at radius 2 is 2.27 bits per heavy atom. The average Bonchev–Trinajstić information content (AvgIpc) is 3.16. The number of rotatable bonds is 8. The van der Waals surface area contributed by atoms with Crippen molar-refractivity contribution in [3.05, 3.63) is 11.9 Å². The molecule has 1 aromatic heterocycles. The van der Waals surface area contributed by atoms with Crippen molar-refractivity contribution in [3.63, 3.8) is 0 Å². The van der Waals surface area contributed by atoms with E-state index in [2.05, 4.69) is 15.6 Å². The smallest absolute Gasteiger partial charge is 0.248 e. The fourth-order valence-corrected chi connectivity index (χ4v) is 3.12. The molecule has 1 amide bonds. The summed E-state index contributed by atoms with van der Waals surface area (Å²) in [4.78, 5) is 25.9. The number of aliphatic hydroxyl groups excluding tert-OH is 1. The fourth-order valence-electron chi connectivity index (χ4n) is 3.12. The van der Waals surface area contributed by atoms with Crippen LogP contribution in [0, 0.1) is 5.41 Å². The molecule has 0 bridgehead atoms. The second-order valence-corrected chi connectivity index (χ2v) is 7.70. The Labute approximate surface area is 153 Å². The summed E-state index contributed by atoms with van der Waals surface area (Å²) < 4.78 is 7.03. The van der Waals surface area contributed by atoms with Crippen molar-refractivity contribution in [2.75, 3.05) is 26.7 Å². The molecule has 1 saturated heterocycles. The van der Waals surface area contributed by atoms with Crippen LogP contribution in [-0.4, -0.2) is 76.1 Å². The zero-order chi connectivity index (χ0) is 19.3. The molecule has 1 aliphatic heterocycles. The number of nitrogens with zero attached hydrogens (tertiary/aromatic N) is 4. The Kier molecular flexibility index (Phi) is 6.85. The third kappa shape index (κ3) is 4.87. The van der Waals surface area contributed by atoms with Crippen LogP contribution in [0.4, 0.5) is 0 Å². The van der Waals surface area contributed by atoms with Gasteiger partial charge in [-0.3, -0.25) is 4.79 Å². The maximum atomic E-state index is 13.1. The molecule has 0 radical (unpaired) electrons. The number of aliphatic hydroxyl groups is 1. The number of carbonyl (C=O) groups excluding carboxylic acids is 2. The number of nitrogens with one attached hydrogen (secondary N) is 1. The van der Waals surface area contributed by atoms with Gasteiger partial charge >= 0.3 is 0 Å². The number of carbonyl (C=O) groups is 2. The summed E-state index contributed by atoms with van der Waals surface area (Å²) >= 11 is 0. The lowest BCUT2D eigenvalue weighted by Gasteiger charge is -2.33. The van der Waals surface area contributed by atoms with Gasteiger partial charge in [0.2, 0.25) is 5.91 Å². The first kappa shape index (κ1) is 20.5. The van der Waals surface area contributed by atoms with Gasteiger partial charge in [0.15, 0.2) is 0 Å². The predicted octanol–water partition coefficient (Wildman–Crippen LogP) is -0.238. The molecule has 9 nitrogen and oxygen atoms in total. The van der Waals surface area contributed by atoms with Crippen LogP contribution in [0.25, 0.3) is 0 Å². The van der Waals surface area contributed by atoms with E-state index in [9.17, 15) is 14.7 Å². The van der Waals surface area contributed by atoms with Crippen molar-refractivity contribution in [2.24, 2.45) is 5.41 Å². The lowest BCUT2D eigenvalue weighted by molar-refractivity contribution is -0.141. The van der Waals surface area contributed by atoms with Crippen molar-refractivity contribution < 1.29 is 19.4 Å². The Bertz CT molecular complexity index is 613. The first-order valence-corrected chi connectivity index (χ1v) is 8.84. The van der Waals surface area contributed by atoms with E-state index in [0.717, 1.165) is 12.8 Å². The van der Waals surface area contributed by atoms with Gasteiger partial charge in [-0.2, -0.15) is 0 Å². The first-order chi connectivity index (χ1) is 12.3. The predicted molar refractivity (Wildman–Crippen MR) is 94.3 cm³/mol. The second kappa shape index (κ2) is 8.70. The molecule has 26 heavy (non-hydrogen) atoms. The topological polar surface area (TPSA) is 110 Å². The molecule has 0 unspecified atom stereocenters. The Morgan fingerprint density at radius 1 is 1.54 bits per heavy atom. The van der Waals surface area contributed by atoms with E-state index in [4.69, 9.17) is 4.74 Å². The number of hydrogen-bond donors (Lipinski definition) is 2. The zero-order valence-electron chi connectivity index (χ0n) is 15.9. The monoisotopic (exact) mass is 367 g/mol. The molecule has 0 aromatic carbocycles. The second-order valence-electron chi connectivity index (χ2n) is 7.70. The lowest BCUT2D eigenvalue weighted by atomic mass is 9.85. The number of amides is 1. The molecular weight excluding hydrogens is 338 g/mol. The van der Waals surface area contributed by atoms with E-state index in [1.54, 1.807) is 6.20 Å². The van der Waals surface area contributed by atoms with E-state index >= 15 is 0 Å². The highest BCUT2D eigenvalue weighted by molar-refractivity contribution is 5.84. The normalized spacial score (nSPS) is 21.8. The van der Waals surface area contributed by atoms with E-state index in [0.29, 0.717) is 18.9 Å². The molecule has 2 rings (SSSR count). The van der Waals surface area contributed by atoms with Crippen LogP contribution in [0.3, 0.4) is 0 Å². The summed E-state index contributed by atoms with van der Waals surface area (Å²) in [6, 6.07) is -1.23. The number of likely N-dealkylation sites (tertiary alicyclic amines) is 1. The number of aromatic nitrogens is 3. The molecule has 1 aliphatic rings. The minimum absolute atomic E-state index is 0.156. The van der Waals surface area contributed by atoms with Crippen LogP contribution < -0.4 is 5.32 Å². The van der Waals surface area contributed by atoms with Gasteiger partial charge in [-0.25, -0.2) is 4.68 Å². The van der Waals surface area contributed by atoms with Crippen LogP contribution in [-0.2, 0) is 20.9 Å². The number of aldehydes is 1. The van der Waals surface area contributed by atoms with Crippen molar-refractivity contribution in [2.45, 2.75) is 52.0 Å². The molecule has 1 aromatic rings. The van der Waals surface area contributed by atoms with Gasteiger partial charge in [-0.05, 0) is 12.5 Å². The summed E-state index contributed by atoms with van der Waals surface area (Å²) in [7, 11) is 1.85. The molecule has 0 saturated carbocycles. The lowest BCUT2D eigenvalue weighted by Crippen LogP contribution is -2.45. The molecule has 1 fully saturated rings. The summed E-state index contributed by atoms with van der Waals surface area (Å²) in [5, 5.41) is 21.0. The van der Waals surface area contributed by atoms with Gasteiger partial charge in [0.25, 0.3) is 0 Å². The third-order valence-electron chi connectivity index (χ3n) is 4.38. The minimum Gasteiger partial charge on any atom is -0.391 e. The average molecular weight is 367 g/mol. The van der Waals surface area contributed by atoms with Crippen LogP contribution in [0.5, 0.6) is 0 Å². The molecule has 9 heteroatoms. The quantitative estimate of drug-likeness (QED) is 0.482. The molecule has 2 N–H and O–H groups in total. The fraction of sp³-hybridized carbons (Fsp3) is 0.765. The van der Waals surface area contributed by atoms with Gasteiger partial charge in [-0.1, -0.05) is 26.0 Å². The molecular formula is C17H29N5O4. The number of hydrogen-bond acceptors (Lipinski definition) is 7. The standard InChI is InChI=1S/C17H29N5O4/c1-17(2,3)15(16(25)21-9-14(24)7-13(21)10-23)22-8-12(19-20-22)11-26-6-5-18-4/h8,10,13-15,18,24H,5-7,9,11H2,1-4H3/t13-,14+,15+/m0/s1. The van der Waals surface area contributed by atoms with E-state index in [1.807, 2.05) is 27.8 Å². The van der Waals surface area contributed by atoms with Crippen molar-refractivity contribution >= 4 is 12.2 Å². The van der Waals surface area contributed by atoms with Crippen molar-refractivity contribution in [3.8, 4) is 0 Å². The van der Waals surface area contributed by atoms with Crippen molar-refractivity contribution in [1.82, 2.24) is 25.2 Å². The SMILES string of the molecule is CNCCOCc1cn([C@H](C(=O)N2C[C@H](O)C[C@H]2C=O)C(C)(C)C)nn1. The summed E-state index contributed by atoms with van der Waals surface area (Å²) in [6.07, 6.45) is 2.02. The molecule has 0 aliphatic carbocycles. The van der Waals surface area contributed by atoms with Crippen LogP contribution >= 0.6 is 0 Å². The molecule has 0 spiro atoms. The Balaban J connectivity index is 2.16. The first-order valence-electron chi connectivity index (χ1n) is 8.84.